The van der Waals surface area contributed by atoms with Crippen molar-refractivity contribution in [3.63, 3.8) is 0 Å². The van der Waals surface area contributed by atoms with Crippen molar-refractivity contribution in [3.05, 3.63) is 24.0 Å². The summed E-state index contributed by atoms with van der Waals surface area (Å²) in [6.07, 6.45) is 3.42. The average molecular weight is 421 g/mol. The highest BCUT2D eigenvalue weighted by Crippen LogP contribution is 2.34. The van der Waals surface area contributed by atoms with E-state index in [9.17, 15) is 12.8 Å². The first-order valence-electron chi connectivity index (χ1n) is 9.30. The standard InChI is InChI=1S/C18H25FN2O4S.ClH/c19-17-9-16(3-4-18(17)25-12-13-6-8-24-11-13)26(22,23)21-14-1-2-15(21)10-20-7-5-14;/h3-4,9,13-15,20H,1-2,5-8,10-12H2;1H. The third kappa shape index (κ3) is 4.24. The molecular formula is C18H26ClFN2O4S. The van der Waals surface area contributed by atoms with E-state index >= 15 is 0 Å². The van der Waals surface area contributed by atoms with Crippen molar-refractivity contribution in [2.24, 2.45) is 5.92 Å². The van der Waals surface area contributed by atoms with E-state index in [1.165, 1.54) is 12.1 Å². The minimum atomic E-state index is -3.71. The van der Waals surface area contributed by atoms with Crippen LogP contribution in [0.15, 0.2) is 23.1 Å². The zero-order chi connectivity index (χ0) is 18.1. The van der Waals surface area contributed by atoms with Gasteiger partial charge in [-0.15, -0.1) is 12.4 Å². The van der Waals surface area contributed by atoms with Crippen LogP contribution in [-0.2, 0) is 14.8 Å². The van der Waals surface area contributed by atoms with E-state index in [-0.39, 0.29) is 41.1 Å². The number of halogens is 2. The lowest BCUT2D eigenvalue weighted by atomic mass is 10.1. The Labute approximate surface area is 165 Å². The van der Waals surface area contributed by atoms with Crippen molar-refractivity contribution in [1.82, 2.24) is 9.62 Å². The molecule has 0 aliphatic carbocycles. The number of nitrogens with one attached hydrogen (secondary N) is 1. The summed E-state index contributed by atoms with van der Waals surface area (Å²) < 4.78 is 53.1. The molecule has 1 aromatic carbocycles. The Morgan fingerprint density at radius 1 is 1.22 bits per heavy atom. The summed E-state index contributed by atoms with van der Waals surface area (Å²) >= 11 is 0. The van der Waals surface area contributed by atoms with E-state index < -0.39 is 15.8 Å². The molecule has 27 heavy (non-hydrogen) atoms. The molecule has 0 saturated carbocycles. The Hall–Kier alpha value is -0.930. The minimum Gasteiger partial charge on any atom is -0.490 e. The maximum Gasteiger partial charge on any atom is 0.243 e. The summed E-state index contributed by atoms with van der Waals surface area (Å²) in [4.78, 5) is 0.00495. The first kappa shape index (κ1) is 20.8. The van der Waals surface area contributed by atoms with E-state index in [4.69, 9.17) is 9.47 Å². The molecule has 1 N–H and O–H groups in total. The predicted molar refractivity (Wildman–Crippen MR) is 101 cm³/mol. The van der Waals surface area contributed by atoms with Crippen LogP contribution in [0.5, 0.6) is 5.75 Å². The molecule has 0 aromatic heterocycles. The fourth-order valence-corrected chi connectivity index (χ4v) is 6.05. The summed E-state index contributed by atoms with van der Waals surface area (Å²) in [5.41, 5.74) is 0. The number of ether oxygens (including phenoxy) is 2. The van der Waals surface area contributed by atoms with Gasteiger partial charge in [-0.1, -0.05) is 0 Å². The van der Waals surface area contributed by atoms with Crippen LogP contribution in [0.2, 0.25) is 0 Å². The first-order chi connectivity index (χ1) is 12.6. The monoisotopic (exact) mass is 420 g/mol. The van der Waals surface area contributed by atoms with Crippen molar-refractivity contribution < 1.29 is 22.3 Å². The molecule has 152 valence electrons. The molecule has 1 aromatic rings. The van der Waals surface area contributed by atoms with Gasteiger partial charge in [0.05, 0.1) is 18.1 Å². The van der Waals surface area contributed by atoms with Crippen LogP contribution >= 0.6 is 12.4 Å². The van der Waals surface area contributed by atoms with Crippen LogP contribution in [0.4, 0.5) is 4.39 Å². The zero-order valence-corrected chi connectivity index (χ0v) is 16.7. The van der Waals surface area contributed by atoms with Crippen molar-refractivity contribution in [1.29, 1.82) is 0 Å². The van der Waals surface area contributed by atoms with Gasteiger partial charge in [-0.3, -0.25) is 0 Å². The Balaban J connectivity index is 0.00000210. The minimum absolute atomic E-state index is 0. The van der Waals surface area contributed by atoms with Gasteiger partial charge < -0.3 is 14.8 Å². The molecule has 3 fully saturated rings. The fourth-order valence-electron chi connectivity index (χ4n) is 4.13. The molecule has 3 saturated heterocycles. The van der Waals surface area contributed by atoms with Gasteiger partial charge in [0.15, 0.2) is 11.6 Å². The molecule has 3 heterocycles. The van der Waals surface area contributed by atoms with Crippen LogP contribution in [-0.4, -0.2) is 57.7 Å². The molecule has 4 rings (SSSR count). The Morgan fingerprint density at radius 3 is 2.78 bits per heavy atom. The molecule has 0 radical (unpaired) electrons. The van der Waals surface area contributed by atoms with Crippen molar-refractivity contribution >= 4 is 22.4 Å². The van der Waals surface area contributed by atoms with Crippen molar-refractivity contribution in [2.75, 3.05) is 32.9 Å². The molecule has 3 atom stereocenters. The largest absolute Gasteiger partial charge is 0.490 e. The molecule has 3 aliphatic heterocycles. The van der Waals surface area contributed by atoms with Gasteiger partial charge >= 0.3 is 0 Å². The third-order valence-electron chi connectivity index (χ3n) is 5.56. The van der Waals surface area contributed by atoms with Gasteiger partial charge in [0.1, 0.15) is 0 Å². The summed E-state index contributed by atoms with van der Waals surface area (Å²) in [6.45, 7) is 3.19. The normalized spacial score (nSPS) is 28.6. The molecule has 0 amide bonds. The van der Waals surface area contributed by atoms with Crippen LogP contribution < -0.4 is 10.1 Å². The maximum absolute atomic E-state index is 14.5. The number of nitrogens with zero attached hydrogens (tertiary/aromatic N) is 1. The second-order valence-corrected chi connectivity index (χ2v) is 9.19. The van der Waals surface area contributed by atoms with Gasteiger partial charge in [0.25, 0.3) is 0 Å². The second kappa shape index (κ2) is 8.61. The molecular weight excluding hydrogens is 395 g/mol. The summed E-state index contributed by atoms with van der Waals surface area (Å²) in [7, 11) is -3.71. The average Bonchev–Trinajstić information content (AvgIpc) is 3.20. The van der Waals surface area contributed by atoms with Crippen LogP contribution in [0.3, 0.4) is 0 Å². The van der Waals surface area contributed by atoms with E-state index in [1.54, 1.807) is 4.31 Å². The van der Waals surface area contributed by atoms with E-state index in [1.807, 2.05) is 0 Å². The van der Waals surface area contributed by atoms with Gasteiger partial charge in [-0.05, 0) is 50.4 Å². The highest BCUT2D eigenvalue weighted by Gasteiger charge is 2.43. The van der Waals surface area contributed by atoms with E-state index in [0.29, 0.717) is 26.4 Å². The third-order valence-corrected chi connectivity index (χ3v) is 7.57. The molecule has 6 nitrogen and oxygen atoms in total. The van der Waals surface area contributed by atoms with Crippen LogP contribution in [0, 0.1) is 11.7 Å². The number of sulfonamides is 1. The van der Waals surface area contributed by atoms with E-state index in [2.05, 4.69) is 5.32 Å². The number of benzene rings is 1. The summed E-state index contributed by atoms with van der Waals surface area (Å²) in [5.74, 6) is -0.278. The Morgan fingerprint density at radius 2 is 2.04 bits per heavy atom. The van der Waals surface area contributed by atoms with Gasteiger partial charge in [-0.25, -0.2) is 12.8 Å². The molecule has 3 unspecified atom stereocenters. The molecule has 3 aliphatic rings. The lowest BCUT2D eigenvalue weighted by Gasteiger charge is -2.27. The Kier molecular flexibility index (Phi) is 6.63. The molecule has 0 spiro atoms. The summed E-state index contributed by atoms with van der Waals surface area (Å²) in [6, 6.07) is 3.93. The first-order valence-corrected chi connectivity index (χ1v) is 10.7. The number of fused-ring (bicyclic) bond motifs is 2. The predicted octanol–water partition coefficient (Wildman–Crippen LogP) is 2.18. The lowest BCUT2D eigenvalue weighted by Crippen LogP contribution is -2.42. The zero-order valence-electron chi connectivity index (χ0n) is 15.1. The van der Waals surface area contributed by atoms with Gasteiger partial charge in [0, 0.05) is 31.2 Å². The fraction of sp³-hybridized carbons (Fsp3) is 0.667. The highest BCUT2D eigenvalue weighted by molar-refractivity contribution is 7.89. The van der Waals surface area contributed by atoms with Crippen LogP contribution in [0.25, 0.3) is 0 Å². The molecule has 2 bridgehead atoms. The SMILES string of the molecule is Cl.O=S(=O)(c1ccc(OCC2CCOC2)c(F)c1)N1C2CCNCC1CC2. The maximum atomic E-state index is 14.5. The number of hydrogen-bond acceptors (Lipinski definition) is 5. The smallest absolute Gasteiger partial charge is 0.243 e. The van der Waals surface area contributed by atoms with Crippen molar-refractivity contribution in [2.45, 2.75) is 42.7 Å². The second-order valence-electron chi connectivity index (χ2n) is 7.35. The topological polar surface area (TPSA) is 67.9 Å². The van der Waals surface area contributed by atoms with Gasteiger partial charge in [-0.2, -0.15) is 4.31 Å². The summed E-state index contributed by atoms with van der Waals surface area (Å²) in [5, 5.41) is 3.29. The molecule has 9 heteroatoms. The number of rotatable bonds is 5. The van der Waals surface area contributed by atoms with Gasteiger partial charge in [0.2, 0.25) is 10.0 Å². The van der Waals surface area contributed by atoms with Crippen LogP contribution in [0.1, 0.15) is 25.7 Å². The lowest BCUT2D eigenvalue weighted by molar-refractivity contribution is 0.165. The van der Waals surface area contributed by atoms with Crippen molar-refractivity contribution in [3.8, 4) is 5.75 Å². The van der Waals surface area contributed by atoms with E-state index in [0.717, 1.165) is 38.3 Å². The highest BCUT2D eigenvalue weighted by atomic mass is 35.5. The number of hydrogen-bond donors (Lipinski definition) is 1. The Bertz CT molecular complexity index is 744. The quantitative estimate of drug-likeness (QED) is 0.790.